The molecule has 1 aromatic heterocycles. The molecule has 0 fully saturated rings. The fraction of sp³-hybridized carbons (Fsp3) is 0.625. The smallest absolute Gasteiger partial charge is 0.161 e. The summed E-state index contributed by atoms with van der Waals surface area (Å²) in [5.74, 6) is -0.269. The summed E-state index contributed by atoms with van der Waals surface area (Å²) in [7, 11) is 0. The lowest BCUT2D eigenvalue weighted by atomic mass is 9.97. The summed E-state index contributed by atoms with van der Waals surface area (Å²) < 4.78 is 14.0. The van der Waals surface area contributed by atoms with Crippen LogP contribution in [-0.2, 0) is 6.54 Å². The molecular weight excluding hydrogens is 143 g/mol. The van der Waals surface area contributed by atoms with Crippen molar-refractivity contribution in [2.24, 2.45) is 5.41 Å². The topological polar surface area (TPSA) is 17.8 Å². The number of nitrogens with zero attached hydrogens (tertiary/aromatic N) is 2. The summed E-state index contributed by atoms with van der Waals surface area (Å²) in [6.45, 7) is 7.02. The zero-order chi connectivity index (χ0) is 8.48. The molecule has 0 aromatic carbocycles. The van der Waals surface area contributed by atoms with Crippen molar-refractivity contribution in [3.05, 3.63) is 18.2 Å². The molecule has 1 heterocycles. The van der Waals surface area contributed by atoms with E-state index in [1.807, 2.05) is 0 Å². The molecule has 0 saturated heterocycles. The molecule has 0 radical (unpaired) electrons. The SMILES string of the molecule is CC(C)(C)Cn1cc(F)cn1. The molecular formula is C8H13FN2. The van der Waals surface area contributed by atoms with Gasteiger partial charge in [0.05, 0.1) is 12.4 Å². The first-order chi connectivity index (χ1) is 4.97. The minimum Gasteiger partial charge on any atom is -0.269 e. The Morgan fingerprint density at radius 3 is 2.55 bits per heavy atom. The molecule has 11 heavy (non-hydrogen) atoms. The summed E-state index contributed by atoms with van der Waals surface area (Å²) >= 11 is 0. The van der Waals surface area contributed by atoms with E-state index in [1.54, 1.807) is 4.68 Å². The first kappa shape index (κ1) is 8.24. The molecule has 2 nitrogen and oxygen atoms in total. The van der Waals surface area contributed by atoms with Crippen LogP contribution in [0.3, 0.4) is 0 Å². The molecule has 0 unspecified atom stereocenters. The largest absolute Gasteiger partial charge is 0.269 e. The normalized spacial score (nSPS) is 12.0. The van der Waals surface area contributed by atoms with Gasteiger partial charge in [0.25, 0.3) is 0 Å². The van der Waals surface area contributed by atoms with Gasteiger partial charge in [-0.15, -0.1) is 0 Å². The molecule has 0 spiro atoms. The lowest BCUT2D eigenvalue weighted by molar-refractivity contribution is 0.324. The monoisotopic (exact) mass is 156 g/mol. The summed E-state index contributed by atoms with van der Waals surface area (Å²) in [4.78, 5) is 0. The van der Waals surface area contributed by atoms with Crippen LogP contribution in [0.15, 0.2) is 12.4 Å². The minimum absolute atomic E-state index is 0.151. The quantitative estimate of drug-likeness (QED) is 0.608. The number of aromatic nitrogens is 2. The van der Waals surface area contributed by atoms with Crippen molar-refractivity contribution >= 4 is 0 Å². The van der Waals surface area contributed by atoms with Gasteiger partial charge in [0.15, 0.2) is 5.82 Å². The van der Waals surface area contributed by atoms with Crippen LogP contribution < -0.4 is 0 Å². The minimum atomic E-state index is -0.269. The first-order valence-corrected chi connectivity index (χ1v) is 3.65. The van der Waals surface area contributed by atoms with Gasteiger partial charge in [0.2, 0.25) is 0 Å². The van der Waals surface area contributed by atoms with Gasteiger partial charge >= 0.3 is 0 Å². The average Bonchev–Trinajstić information content (AvgIpc) is 2.10. The molecule has 1 rings (SSSR count). The van der Waals surface area contributed by atoms with Gasteiger partial charge in [0.1, 0.15) is 0 Å². The highest BCUT2D eigenvalue weighted by molar-refractivity contribution is 4.84. The van der Waals surface area contributed by atoms with Gasteiger partial charge in [-0.3, -0.25) is 4.68 Å². The molecule has 0 aliphatic carbocycles. The standard InChI is InChI=1S/C8H13FN2/c1-8(2,3)6-11-5-7(9)4-10-11/h4-5H,6H2,1-3H3. The van der Waals surface area contributed by atoms with Crippen LogP contribution >= 0.6 is 0 Å². The van der Waals surface area contributed by atoms with E-state index in [1.165, 1.54) is 12.4 Å². The van der Waals surface area contributed by atoms with E-state index in [0.29, 0.717) is 0 Å². The van der Waals surface area contributed by atoms with Gasteiger partial charge in [-0.25, -0.2) is 4.39 Å². The van der Waals surface area contributed by atoms with Crippen molar-refractivity contribution in [3.8, 4) is 0 Å². The Morgan fingerprint density at radius 2 is 2.18 bits per heavy atom. The fourth-order valence-electron chi connectivity index (χ4n) is 0.911. The second-order valence-electron chi connectivity index (χ2n) is 3.92. The van der Waals surface area contributed by atoms with E-state index < -0.39 is 0 Å². The van der Waals surface area contributed by atoms with Crippen molar-refractivity contribution in [1.29, 1.82) is 0 Å². The fourth-order valence-corrected chi connectivity index (χ4v) is 0.911. The maximum atomic E-state index is 12.4. The molecule has 0 amide bonds. The zero-order valence-corrected chi connectivity index (χ0v) is 7.13. The Kier molecular flexibility index (Phi) is 1.98. The highest BCUT2D eigenvalue weighted by atomic mass is 19.1. The highest BCUT2D eigenvalue weighted by Gasteiger charge is 2.11. The summed E-state index contributed by atoms with van der Waals surface area (Å²) in [5, 5.41) is 3.84. The molecule has 0 saturated carbocycles. The van der Waals surface area contributed by atoms with E-state index in [4.69, 9.17) is 0 Å². The van der Waals surface area contributed by atoms with E-state index in [2.05, 4.69) is 25.9 Å². The lowest BCUT2D eigenvalue weighted by Gasteiger charge is -2.17. The van der Waals surface area contributed by atoms with Gasteiger partial charge in [-0.2, -0.15) is 5.10 Å². The molecule has 0 N–H and O–H groups in total. The predicted molar refractivity (Wildman–Crippen MR) is 41.6 cm³/mol. The van der Waals surface area contributed by atoms with Crippen LogP contribution in [0.25, 0.3) is 0 Å². The number of rotatable bonds is 1. The number of hydrogen-bond donors (Lipinski definition) is 0. The van der Waals surface area contributed by atoms with E-state index in [9.17, 15) is 4.39 Å². The van der Waals surface area contributed by atoms with Crippen LogP contribution in [0.5, 0.6) is 0 Å². The number of hydrogen-bond acceptors (Lipinski definition) is 1. The van der Waals surface area contributed by atoms with Gasteiger partial charge in [-0.1, -0.05) is 20.8 Å². The van der Waals surface area contributed by atoms with Crippen molar-refractivity contribution in [1.82, 2.24) is 9.78 Å². The van der Waals surface area contributed by atoms with E-state index in [-0.39, 0.29) is 11.2 Å². The Bertz CT molecular complexity index is 234. The molecule has 1 aromatic rings. The summed E-state index contributed by atoms with van der Waals surface area (Å²) in [5.41, 5.74) is 0.151. The molecule has 0 aliphatic heterocycles. The molecule has 0 bridgehead atoms. The third kappa shape index (κ3) is 2.70. The van der Waals surface area contributed by atoms with Crippen LogP contribution in [0.2, 0.25) is 0 Å². The number of halogens is 1. The van der Waals surface area contributed by atoms with Crippen LogP contribution in [0.4, 0.5) is 4.39 Å². The first-order valence-electron chi connectivity index (χ1n) is 3.65. The maximum Gasteiger partial charge on any atom is 0.161 e. The van der Waals surface area contributed by atoms with Crippen molar-refractivity contribution in [2.45, 2.75) is 27.3 Å². The summed E-state index contributed by atoms with van der Waals surface area (Å²) in [6.07, 6.45) is 2.64. The highest BCUT2D eigenvalue weighted by Crippen LogP contribution is 2.15. The van der Waals surface area contributed by atoms with Crippen LogP contribution in [-0.4, -0.2) is 9.78 Å². The van der Waals surface area contributed by atoms with Gasteiger partial charge in [-0.05, 0) is 5.41 Å². The van der Waals surface area contributed by atoms with Crippen molar-refractivity contribution in [3.63, 3.8) is 0 Å². The van der Waals surface area contributed by atoms with E-state index in [0.717, 1.165) is 6.54 Å². The van der Waals surface area contributed by atoms with Crippen LogP contribution in [0, 0.1) is 11.2 Å². The van der Waals surface area contributed by atoms with Gasteiger partial charge in [0, 0.05) is 6.54 Å². The van der Waals surface area contributed by atoms with Crippen molar-refractivity contribution < 1.29 is 4.39 Å². The maximum absolute atomic E-state index is 12.4. The second-order valence-corrected chi connectivity index (χ2v) is 3.92. The Labute approximate surface area is 66.0 Å². The molecule has 3 heteroatoms. The average molecular weight is 156 g/mol. The van der Waals surface area contributed by atoms with Crippen LogP contribution in [0.1, 0.15) is 20.8 Å². The lowest BCUT2D eigenvalue weighted by Crippen LogP contribution is -2.15. The van der Waals surface area contributed by atoms with E-state index >= 15 is 0 Å². The Hall–Kier alpha value is -0.860. The third-order valence-corrected chi connectivity index (χ3v) is 1.24. The second kappa shape index (κ2) is 2.64. The zero-order valence-electron chi connectivity index (χ0n) is 7.13. The Balaban J connectivity index is 2.65. The molecule has 0 atom stereocenters. The Morgan fingerprint density at radius 1 is 1.55 bits per heavy atom. The summed E-state index contributed by atoms with van der Waals surface area (Å²) in [6, 6.07) is 0. The molecule has 62 valence electrons. The predicted octanol–water partition coefficient (Wildman–Crippen LogP) is 2.07. The van der Waals surface area contributed by atoms with Gasteiger partial charge < -0.3 is 0 Å². The van der Waals surface area contributed by atoms with Crippen molar-refractivity contribution in [2.75, 3.05) is 0 Å². The molecule has 0 aliphatic rings. The third-order valence-electron chi connectivity index (χ3n) is 1.24.